The lowest BCUT2D eigenvalue weighted by Gasteiger charge is -2.35. The van der Waals surface area contributed by atoms with Gasteiger partial charge in [0.05, 0.1) is 18.8 Å². The van der Waals surface area contributed by atoms with Gasteiger partial charge in [-0.1, -0.05) is 12.1 Å². The maximum absolute atomic E-state index is 14.2. The second-order valence-electron chi connectivity index (χ2n) is 10.1. The minimum Gasteiger partial charge on any atom is -0.382 e. The normalized spacial score (nSPS) is 20.3. The van der Waals surface area contributed by atoms with Crippen molar-refractivity contribution >= 4 is 28.4 Å². The van der Waals surface area contributed by atoms with Gasteiger partial charge in [0, 0.05) is 80.2 Å². The number of ether oxygens (including phenoxy) is 1. The number of aromatic amines is 1. The van der Waals surface area contributed by atoms with Crippen LogP contribution in [0.15, 0.2) is 54.9 Å². The Morgan fingerprint density at radius 1 is 1.05 bits per heavy atom. The SMILES string of the molecule is O=C1Nc2ccc(NC3CCN(CCN4CCOCC4)CC3)cc2/C1=C(\c1cccc(F)c1)c1ncc[nH]1. The molecule has 4 heterocycles. The van der Waals surface area contributed by atoms with E-state index in [4.69, 9.17) is 4.74 Å². The summed E-state index contributed by atoms with van der Waals surface area (Å²) in [6.45, 7) is 8.09. The van der Waals surface area contributed by atoms with Gasteiger partial charge in [0.2, 0.25) is 0 Å². The number of piperidine rings is 1. The Morgan fingerprint density at radius 3 is 2.58 bits per heavy atom. The van der Waals surface area contributed by atoms with Crippen LogP contribution in [-0.2, 0) is 9.53 Å². The van der Waals surface area contributed by atoms with E-state index in [-0.39, 0.29) is 11.7 Å². The molecular weight excluding hydrogens is 483 g/mol. The molecule has 9 heteroatoms. The molecule has 2 aromatic carbocycles. The van der Waals surface area contributed by atoms with E-state index in [0.29, 0.717) is 28.6 Å². The first kappa shape index (κ1) is 24.8. The average Bonchev–Trinajstić information content (AvgIpc) is 3.58. The van der Waals surface area contributed by atoms with Gasteiger partial charge in [0.25, 0.3) is 5.91 Å². The largest absolute Gasteiger partial charge is 0.382 e. The number of anilines is 2. The number of nitrogens with zero attached hydrogens (tertiary/aromatic N) is 3. The van der Waals surface area contributed by atoms with Crippen LogP contribution in [0.5, 0.6) is 0 Å². The van der Waals surface area contributed by atoms with E-state index >= 15 is 0 Å². The maximum Gasteiger partial charge on any atom is 0.257 e. The Hall–Kier alpha value is -3.53. The quantitative estimate of drug-likeness (QED) is 0.416. The van der Waals surface area contributed by atoms with Crippen molar-refractivity contribution in [1.82, 2.24) is 19.8 Å². The summed E-state index contributed by atoms with van der Waals surface area (Å²) >= 11 is 0. The molecule has 8 nitrogen and oxygen atoms in total. The van der Waals surface area contributed by atoms with Crippen molar-refractivity contribution in [3.8, 4) is 0 Å². The lowest BCUT2D eigenvalue weighted by atomic mass is 9.94. The lowest BCUT2D eigenvalue weighted by molar-refractivity contribution is -0.110. The van der Waals surface area contributed by atoms with Gasteiger partial charge < -0.3 is 25.3 Å². The predicted molar refractivity (Wildman–Crippen MR) is 146 cm³/mol. The van der Waals surface area contributed by atoms with Crippen LogP contribution in [0.25, 0.3) is 11.1 Å². The first-order chi connectivity index (χ1) is 18.6. The third-order valence-electron chi connectivity index (χ3n) is 7.66. The third-order valence-corrected chi connectivity index (χ3v) is 7.66. The second-order valence-corrected chi connectivity index (χ2v) is 10.1. The van der Waals surface area contributed by atoms with Crippen LogP contribution in [0, 0.1) is 5.82 Å². The number of hydrogen-bond acceptors (Lipinski definition) is 6. The molecule has 3 aliphatic heterocycles. The fourth-order valence-electron chi connectivity index (χ4n) is 5.59. The molecule has 1 aromatic heterocycles. The maximum atomic E-state index is 14.2. The summed E-state index contributed by atoms with van der Waals surface area (Å²) in [6, 6.07) is 12.6. The van der Waals surface area contributed by atoms with Crippen LogP contribution in [0.3, 0.4) is 0 Å². The second kappa shape index (κ2) is 11.1. The van der Waals surface area contributed by atoms with Gasteiger partial charge in [-0.2, -0.15) is 0 Å². The van der Waals surface area contributed by atoms with Gasteiger partial charge >= 0.3 is 0 Å². The zero-order chi connectivity index (χ0) is 25.9. The number of benzene rings is 2. The summed E-state index contributed by atoms with van der Waals surface area (Å²) in [5.41, 5.74) is 4.18. The van der Waals surface area contributed by atoms with Gasteiger partial charge in [-0.25, -0.2) is 9.37 Å². The number of H-pyrrole nitrogens is 1. The number of carbonyl (C=O) groups excluding carboxylic acids is 1. The number of aromatic nitrogens is 2. The first-order valence-corrected chi connectivity index (χ1v) is 13.4. The lowest BCUT2D eigenvalue weighted by Crippen LogP contribution is -2.45. The highest BCUT2D eigenvalue weighted by Gasteiger charge is 2.30. The highest BCUT2D eigenvalue weighted by atomic mass is 19.1. The zero-order valence-electron chi connectivity index (χ0n) is 21.4. The summed E-state index contributed by atoms with van der Waals surface area (Å²) in [6.07, 6.45) is 5.48. The van der Waals surface area contributed by atoms with E-state index in [1.807, 2.05) is 18.2 Å². The number of amides is 1. The number of fused-ring (bicyclic) bond motifs is 1. The van der Waals surface area contributed by atoms with Crippen LogP contribution in [-0.4, -0.2) is 84.2 Å². The summed E-state index contributed by atoms with van der Waals surface area (Å²) in [7, 11) is 0. The van der Waals surface area contributed by atoms with E-state index < -0.39 is 0 Å². The Balaban J connectivity index is 1.19. The van der Waals surface area contributed by atoms with Crippen LogP contribution in [0.2, 0.25) is 0 Å². The fourth-order valence-corrected chi connectivity index (χ4v) is 5.59. The standard InChI is InChI=1S/C29H33FN6O2/c30-21-3-1-2-20(18-21)26(28-31-8-9-32-28)27-24-19-23(4-5-25(24)34-29(27)37)33-22-6-10-35(11-7-22)12-13-36-14-16-38-17-15-36/h1-5,8-9,18-19,22,33H,6-7,10-17H2,(H,31,32)(H,34,37)/b27-26-. The molecule has 3 aromatic rings. The smallest absolute Gasteiger partial charge is 0.257 e. The van der Waals surface area contributed by atoms with Crippen molar-refractivity contribution in [3.05, 3.63) is 77.6 Å². The predicted octanol–water partition coefficient (Wildman–Crippen LogP) is 3.67. The molecule has 2 saturated heterocycles. The van der Waals surface area contributed by atoms with Crippen molar-refractivity contribution in [3.63, 3.8) is 0 Å². The highest BCUT2D eigenvalue weighted by Crippen LogP contribution is 2.40. The van der Waals surface area contributed by atoms with Crippen LogP contribution in [0.4, 0.5) is 15.8 Å². The number of halogens is 1. The number of nitrogens with one attached hydrogen (secondary N) is 3. The monoisotopic (exact) mass is 516 g/mol. The summed E-state index contributed by atoms with van der Waals surface area (Å²) in [5, 5.41) is 6.67. The van der Waals surface area contributed by atoms with E-state index in [1.165, 1.54) is 12.1 Å². The number of morpholine rings is 1. The molecule has 198 valence electrons. The third kappa shape index (κ3) is 5.36. The van der Waals surface area contributed by atoms with Crippen molar-refractivity contribution in [2.24, 2.45) is 0 Å². The molecule has 3 aliphatic rings. The molecule has 0 radical (unpaired) electrons. The molecule has 2 fully saturated rings. The molecule has 0 aliphatic carbocycles. The number of carbonyl (C=O) groups is 1. The number of hydrogen-bond donors (Lipinski definition) is 3. The van der Waals surface area contributed by atoms with Crippen molar-refractivity contribution in [2.75, 3.05) is 63.1 Å². The van der Waals surface area contributed by atoms with E-state index in [2.05, 4.69) is 30.4 Å². The highest BCUT2D eigenvalue weighted by molar-refractivity contribution is 6.38. The number of rotatable bonds is 7. The van der Waals surface area contributed by atoms with Crippen molar-refractivity contribution < 1.29 is 13.9 Å². The van der Waals surface area contributed by atoms with Gasteiger partial charge in [0.15, 0.2) is 0 Å². The minimum absolute atomic E-state index is 0.221. The van der Waals surface area contributed by atoms with Gasteiger partial charge in [0.1, 0.15) is 11.6 Å². The first-order valence-electron chi connectivity index (χ1n) is 13.4. The summed E-state index contributed by atoms with van der Waals surface area (Å²) in [4.78, 5) is 25.7. The summed E-state index contributed by atoms with van der Waals surface area (Å²) in [5.74, 6) is -0.0599. The van der Waals surface area contributed by atoms with E-state index in [0.717, 1.165) is 82.3 Å². The average molecular weight is 517 g/mol. The Labute approximate surface area is 221 Å². The molecule has 38 heavy (non-hydrogen) atoms. The zero-order valence-corrected chi connectivity index (χ0v) is 21.4. The molecule has 1 amide bonds. The van der Waals surface area contributed by atoms with Crippen LogP contribution in [0.1, 0.15) is 29.8 Å². The number of likely N-dealkylation sites (tertiary alicyclic amines) is 1. The topological polar surface area (TPSA) is 85.5 Å². The number of imidazole rings is 1. The Kier molecular flexibility index (Phi) is 7.22. The molecule has 0 atom stereocenters. The van der Waals surface area contributed by atoms with Gasteiger partial charge in [-0.3, -0.25) is 9.69 Å². The molecule has 0 saturated carbocycles. The Bertz CT molecular complexity index is 1310. The molecule has 0 unspecified atom stereocenters. The van der Waals surface area contributed by atoms with Crippen molar-refractivity contribution in [1.29, 1.82) is 0 Å². The van der Waals surface area contributed by atoms with Crippen LogP contribution < -0.4 is 10.6 Å². The molecule has 3 N–H and O–H groups in total. The van der Waals surface area contributed by atoms with Gasteiger partial charge in [-0.15, -0.1) is 0 Å². The molecule has 6 rings (SSSR count). The fraction of sp³-hybridized carbons (Fsp3) is 0.379. The minimum atomic E-state index is -0.363. The molecule has 0 spiro atoms. The van der Waals surface area contributed by atoms with E-state index in [1.54, 1.807) is 24.5 Å². The summed E-state index contributed by atoms with van der Waals surface area (Å²) < 4.78 is 19.6. The molecular formula is C29H33FN6O2. The van der Waals surface area contributed by atoms with Crippen molar-refractivity contribution in [2.45, 2.75) is 18.9 Å². The van der Waals surface area contributed by atoms with E-state index in [9.17, 15) is 9.18 Å². The van der Waals surface area contributed by atoms with Crippen LogP contribution >= 0.6 is 0 Å². The Morgan fingerprint density at radius 2 is 1.84 bits per heavy atom. The van der Waals surface area contributed by atoms with Gasteiger partial charge in [-0.05, 0) is 48.7 Å². The molecule has 0 bridgehead atoms.